The van der Waals surface area contributed by atoms with Crippen molar-refractivity contribution in [2.45, 2.75) is 13.5 Å². The Bertz CT molecular complexity index is 1720. The molecule has 0 saturated heterocycles. The minimum absolute atomic E-state index is 0.151. The van der Waals surface area contributed by atoms with E-state index in [9.17, 15) is 19.2 Å². The maximum absolute atomic E-state index is 13.0. The van der Waals surface area contributed by atoms with Crippen molar-refractivity contribution in [2.24, 2.45) is 0 Å². The van der Waals surface area contributed by atoms with E-state index in [1.54, 1.807) is 43.3 Å². The number of hydrogen-bond acceptors (Lipinski definition) is 6. The van der Waals surface area contributed by atoms with Crippen molar-refractivity contribution >= 4 is 33.6 Å². The molecular formula is C25H19N5O5. The first kappa shape index (κ1) is 21.8. The number of amides is 2. The number of nitrogens with one attached hydrogen (secondary N) is 3. The topological polar surface area (TPSA) is 139 Å². The fourth-order valence-electron chi connectivity index (χ4n) is 3.85. The van der Waals surface area contributed by atoms with E-state index in [-0.39, 0.29) is 23.0 Å². The average molecular weight is 469 g/mol. The third-order valence-electron chi connectivity index (χ3n) is 5.58. The van der Waals surface area contributed by atoms with Gasteiger partial charge >= 0.3 is 5.69 Å². The quantitative estimate of drug-likeness (QED) is 0.346. The number of hydrogen-bond donors (Lipinski definition) is 3. The average Bonchev–Trinajstić information content (AvgIpc) is 3.41. The van der Waals surface area contributed by atoms with Crippen molar-refractivity contribution in [2.75, 3.05) is 0 Å². The van der Waals surface area contributed by atoms with Gasteiger partial charge in [0.15, 0.2) is 5.76 Å². The largest absolute Gasteiger partial charge is 0.463 e. The van der Waals surface area contributed by atoms with Gasteiger partial charge in [0.05, 0.1) is 28.2 Å². The van der Waals surface area contributed by atoms with E-state index in [0.29, 0.717) is 27.9 Å². The summed E-state index contributed by atoms with van der Waals surface area (Å²) in [6, 6.07) is 16.5. The molecule has 35 heavy (non-hydrogen) atoms. The summed E-state index contributed by atoms with van der Waals surface area (Å²) in [6.45, 7) is 1.92. The van der Waals surface area contributed by atoms with Crippen molar-refractivity contribution < 1.29 is 14.0 Å². The van der Waals surface area contributed by atoms with Gasteiger partial charge in [-0.2, -0.15) is 0 Å². The lowest BCUT2D eigenvalue weighted by molar-refractivity contribution is 0.0847. The molecule has 5 aromatic rings. The summed E-state index contributed by atoms with van der Waals surface area (Å²) in [5.41, 5.74) is 5.53. The number of rotatable bonds is 4. The summed E-state index contributed by atoms with van der Waals surface area (Å²) >= 11 is 0. The zero-order chi connectivity index (χ0) is 24.5. The first-order valence-corrected chi connectivity index (χ1v) is 10.8. The molecule has 174 valence electrons. The highest BCUT2D eigenvalue weighted by Crippen LogP contribution is 2.25. The van der Waals surface area contributed by atoms with E-state index in [4.69, 9.17) is 4.42 Å². The second kappa shape index (κ2) is 8.75. The Morgan fingerprint density at radius 2 is 1.77 bits per heavy atom. The predicted molar refractivity (Wildman–Crippen MR) is 129 cm³/mol. The van der Waals surface area contributed by atoms with Crippen LogP contribution < -0.4 is 22.1 Å². The Hall–Kier alpha value is -4.99. The van der Waals surface area contributed by atoms with Gasteiger partial charge in [0, 0.05) is 17.5 Å². The number of fused-ring (bicyclic) bond motifs is 2. The lowest BCUT2D eigenvalue weighted by Crippen LogP contribution is -2.41. The first-order valence-electron chi connectivity index (χ1n) is 10.8. The predicted octanol–water partition coefficient (Wildman–Crippen LogP) is 2.59. The Balaban J connectivity index is 1.42. The summed E-state index contributed by atoms with van der Waals surface area (Å²) in [5, 5.41) is 0.880. The lowest BCUT2D eigenvalue weighted by atomic mass is 10.1. The second-order valence-electron chi connectivity index (χ2n) is 7.70. The Labute approximate surface area is 197 Å². The molecule has 5 rings (SSSR count). The number of para-hydroxylation sites is 1. The van der Waals surface area contributed by atoms with Crippen molar-refractivity contribution in [3.8, 4) is 11.5 Å². The number of hydrazine groups is 1. The maximum atomic E-state index is 13.0. The Kier molecular flexibility index (Phi) is 5.46. The maximum Gasteiger partial charge on any atom is 0.328 e. The molecule has 0 aliphatic heterocycles. The number of aromatic nitrogens is 3. The zero-order valence-corrected chi connectivity index (χ0v) is 18.5. The van der Waals surface area contributed by atoms with Crippen molar-refractivity contribution in [1.82, 2.24) is 25.4 Å². The zero-order valence-electron chi connectivity index (χ0n) is 18.5. The number of carbonyl (C=O) groups excluding carboxylic acids is 2. The van der Waals surface area contributed by atoms with Crippen LogP contribution in [0.25, 0.3) is 33.3 Å². The first-order chi connectivity index (χ1) is 17.0. The highest BCUT2D eigenvalue weighted by Gasteiger charge is 2.17. The normalized spacial score (nSPS) is 11.0. The standard InChI is InChI=1S/C25H19N5O5/c1-2-30-24(33)16-10-9-14(12-19(16)27-25(30)34)22(31)28-29-23(32)17-13-20(21-8-5-11-35-21)26-18-7-4-3-6-15(17)18/h3-13H,2H2,1H3,(H,27,34)(H,28,31)(H,29,32). The molecule has 0 radical (unpaired) electrons. The van der Waals surface area contributed by atoms with Gasteiger partial charge in [0.2, 0.25) is 0 Å². The number of aromatic amines is 1. The van der Waals surface area contributed by atoms with Crippen molar-refractivity contribution in [3.05, 3.63) is 98.9 Å². The molecule has 0 fully saturated rings. The van der Waals surface area contributed by atoms with E-state index in [1.165, 1.54) is 24.5 Å². The van der Waals surface area contributed by atoms with Crippen LogP contribution in [0.15, 0.2) is 80.9 Å². The van der Waals surface area contributed by atoms with Gasteiger partial charge in [-0.3, -0.25) is 29.8 Å². The molecule has 2 amide bonds. The summed E-state index contributed by atoms with van der Waals surface area (Å²) in [5.74, 6) is -0.670. The molecule has 0 spiro atoms. The summed E-state index contributed by atoms with van der Waals surface area (Å²) in [4.78, 5) is 57.4. The lowest BCUT2D eigenvalue weighted by Gasteiger charge is -2.11. The monoisotopic (exact) mass is 469 g/mol. The smallest absolute Gasteiger partial charge is 0.328 e. The summed E-state index contributed by atoms with van der Waals surface area (Å²) in [6.07, 6.45) is 1.51. The number of pyridine rings is 1. The van der Waals surface area contributed by atoms with Crippen LogP contribution in [-0.2, 0) is 6.54 Å². The third-order valence-corrected chi connectivity index (χ3v) is 5.58. The molecule has 0 aliphatic rings. The summed E-state index contributed by atoms with van der Waals surface area (Å²) < 4.78 is 6.48. The Morgan fingerprint density at radius 1 is 0.971 bits per heavy atom. The number of carbonyl (C=O) groups is 2. The molecule has 0 atom stereocenters. The molecule has 3 N–H and O–H groups in total. The van der Waals surface area contributed by atoms with Crippen LogP contribution in [0.5, 0.6) is 0 Å². The SMILES string of the molecule is CCn1c(=O)[nH]c2cc(C(=O)NNC(=O)c3cc(-c4ccco4)nc4ccccc34)ccc2c1=O. The van der Waals surface area contributed by atoms with Gasteiger partial charge in [-0.05, 0) is 49.4 Å². The van der Waals surface area contributed by atoms with Gasteiger partial charge in [-0.15, -0.1) is 0 Å². The Morgan fingerprint density at radius 3 is 2.54 bits per heavy atom. The third kappa shape index (κ3) is 3.97. The molecule has 0 saturated carbocycles. The molecular weight excluding hydrogens is 450 g/mol. The van der Waals surface area contributed by atoms with Crippen molar-refractivity contribution in [3.63, 3.8) is 0 Å². The molecule has 3 heterocycles. The molecule has 10 nitrogen and oxygen atoms in total. The molecule has 2 aromatic carbocycles. The van der Waals surface area contributed by atoms with Crippen LogP contribution in [0.2, 0.25) is 0 Å². The fourth-order valence-corrected chi connectivity index (χ4v) is 3.85. The number of nitrogens with zero attached hydrogens (tertiary/aromatic N) is 2. The van der Waals surface area contributed by atoms with E-state index in [1.807, 2.05) is 6.07 Å². The van der Waals surface area contributed by atoms with Gasteiger partial charge in [-0.25, -0.2) is 9.78 Å². The second-order valence-corrected chi connectivity index (χ2v) is 7.70. The highest BCUT2D eigenvalue weighted by molar-refractivity contribution is 6.08. The fraction of sp³-hybridized carbons (Fsp3) is 0.0800. The van der Waals surface area contributed by atoms with E-state index in [0.717, 1.165) is 4.57 Å². The van der Waals surface area contributed by atoms with Crippen LogP contribution in [-0.4, -0.2) is 26.3 Å². The molecule has 0 unspecified atom stereocenters. The van der Waals surface area contributed by atoms with Crippen LogP contribution in [0, 0.1) is 0 Å². The van der Waals surface area contributed by atoms with Crippen LogP contribution in [0.1, 0.15) is 27.6 Å². The van der Waals surface area contributed by atoms with Crippen LogP contribution >= 0.6 is 0 Å². The molecule has 0 bridgehead atoms. The number of H-pyrrole nitrogens is 1. The van der Waals surface area contributed by atoms with Crippen LogP contribution in [0.3, 0.4) is 0 Å². The van der Waals surface area contributed by atoms with Gasteiger partial charge in [0.1, 0.15) is 5.69 Å². The summed E-state index contributed by atoms with van der Waals surface area (Å²) in [7, 11) is 0. The van der Waals surface area contributed by atoms with E-state index < -0.39 is 23.1 Å². The van der Waals surface area contributed by atoms with Gasteiger partial charge in [0.25, 0.3) is 17.4 Å². The minimum Gasteiger partial charge on any atom is -0.463 e. The van der Waals surface area contributed by atoms with Gasteiger partial charge in [-0.1, -0.05) is 18.2 Å². The van der Waals surface area contributed by atoms with E-state index >= 15 is 0 Å². The van der Waals surface area contributed by atoms with E-state index in [2.05, 4.69) is 20.8 Å². The number of benzene rings is 2. The molecule has 10 heteroatoms. The molecule has 3 aromatic heterocycles. The molecule has 0 aliphatic carbocycles. The minimum atomic E-state index is -0.620. The van der Waals surface area contributed by atoms with Crippen LogP contribution in [0.4, 0.5) is 0 Å². The van der Waals surface area contributed by atoms with Gasteiger partial charge < -0.3 is 9.40 Å². The number of furan rings is 1. The van der Waals surface area contributed by atoms with Crippen molar-refractivity contribution in [1.29, 1.82) is 0 Å². The highest BCUT2D eigenvalue weighted by atomic mass is 16.3.